The molecular formula is C19H23N3O4S. The summed E-state index contributed by atoms with van der Waals surface area (Å²) >= 11 is 0. The van der Waals surface area contributed by atoms with E-state index in [2.05, 4.69) is 10.3 Å². The van der Waals surface area contributed by atoms with Crippen LogP contribution in [-0.4, -0.2) is 55.4 Å². The van der Waals surface area contributed by atoms with E-state index in [1.165, 1.54) is 0 Å². The average molecular weight is 389 g/mol. The number of nitrogens with one attached hydrogen (secondary N) is 1. The number of nitrogens with zero attached hydrogens (tertiary/aromatic N) is 2. The number of anilines is 2. The molecule has 1 N–H and O–H groups in total. The van der Waals surface area contributed by atoms with Crippen LogP contribution in [0.2, 0.25) is 0 Å². The summed E-state index contributed by atoms with van der Waals surface area (Å²) in [5, 5.41) is 3.16. The zero-order valence-electron chi connectivity index (χ0n) is 15.4. The van der Waals surface area contributed by atoms with E-state index in [0.717, 1.165) is 11.4 Å². The van der Waals surface area contributed by atoms with Gasteiger partial charge in [0.2, 0.25) is 0 Å². The van der Waals surface area contributed by atoms with Crippen LogP contribution in [0, 0.1) is 0 Å². The first kappa shape index (κ1) is 19.2. The molecule has 2 heterocycles. The van der Waals surface area contributed by atoms with Crippen molar-refractivity contribution in [3.63, 3.8) is 0 Å². The molecule has 1 aromatic heterocycles. The van der Waals surface area contributed by atoms with Gasteiger partial charge < -0.3 is 15.0 Å². The van der Waals surface area contributed by atoms with E-state index in [-0.39, 0.29) is 23.5 Å². The standard InChI is InChI=1S/C19H23N3O4S/c1-3-22(16-9-11-27(24,25)13-16)19(23)14-8-10-20-18(12-14)21-15-4-6-17(26-2)7-5-15/h4-8,10,12,16H,3,9,11,13H2,1-2H3,(H,20,21). The Morgan fingerprint density at radius 1 is 1.30 bits per heavy atom. The molecule has 8 heteroatoms. The molecule has 1 aliphatic heterocycles. The van der Waals surface area contributed by atoms with E-state index in [1.807, 2.05) is 31.2 Å². The highest BCUT2D eigenvalue weighted by Gasteiger charge is 2.34. The highest BCUT2D eigenvalue weighted by molar-refractivity contribution is 7.91. The maximum Gasteiger partial charge on any atom is 0.254 e. The van der Waals surface area contributed by atoms with Gasteiger partial charge in [0, 0.05) is 30.0 Å². The number of hydrogen-bond acceptors (Lipinski definition) is 6. The van der Waals surface area contributed by atoms with Crippen molar-refractivity contribution in [2.45, 2.75) is 19.4 Å². The summed E-state index contributed by atoms with van der Waals surface area (Å²) in [6, 6.07) is 10.4. The lowest BCUT2D eigenvalue weighted by molar-refractivity contribution is 0.0708. The lowest BCUT2D eigenvalue weighted by Crippen LogP contribution is -2.41. The van der Waals surface area contributed by atoms with Gasteiger partial charge in [-0.3, -0.25) is 4.79 Å². The molecule has 2 aromatic rings. The summed E-state index contributed by atoms with van der Waals surface area (Å²) in [5.74, 6) is 1.29. The van der Waals surface area contributed by atoms with Crippen molar-refractivity contribution in [3.8, 4) is 5.75 Å². The lowest BCUT2D eigenvalue weighted by atomic mass is 10.1. The Labute approximate surface area is 159 Å². The van der Waals surface area contributed by atoms with Crippen LogP contribution in [0.25, 0.3) is 0 Å². The van der Waals surface area contributed by atoms with E-state index < -0.39 is 9.84 Å². The van der Waals surface area contributed by atoms with Crippen LogP contribution in [0.5, 0.6) is 5.75 Å². The van der Waals surface area contributed by atoms with E-state index in [1.54, 1.807) is 30.3 Å². The van der Waals surface area contributed by atoms with Gasteiger partial charge in [0.25, 0.3) is 5.91 Å². The molecule has 1 amide bonds. The fourth-order valence-electron chi connectivity index (χ4n) is 3.21. The van der Waals surface area contributed by atoms with Crippen LogP contribution in [0.3, 0.4) is 0 Å². The Morgan fingerprint density at radius 3 is 2.63 bits per heavy atom. The molecule has 1 aromatic carbocycles. The van der Waals surface area contributed by atoms with Gasteiger partial charge in [-0.05, 0) is 49.7 Å². The van der Waals surface area contributed by atoms with Gasteiger partial charge >= 0.3 is 0 Å². The number of benzene rings is 1. The normalized spacial score (nSPS) is 18.1. The maximum absolute atomic E-state index is 12.9. The number of aromatic nitrogens is 1. The predicted octanol–water partition coefficient (Wildman–Crippen LogP) is 2.48. The predicted molar refractivity (Wildman–Crippen MR) is 104 cm³/mol. The lowest BCUT2D eigenvalue weighted by Gasteiger charge is -2.27. The van der Waals surface area contributed by atoms with Gasteiger partial charge in [0.15, 0.2) is 9.84 Å². The number of hydrogen-bond donors (Lipinski definition) is 1. The minimum absolute atomic E-state index is 0.0363. The molecule has 7 nitrogen and oxygen atoms in total. The highest BCUT2D eigenvalue weighted by Crippen LogP contribution is 2.22. The van der Waals surface area contributed by atoms with E-state index in [0.29, 0.717) is 24.3 Å². The van der Waals surface area contributed by atoms with Gasteiger partial charge in [-0.25, -0.2) is 13.4 Å². The minimum atomic E-state index is -3.05. The minimum Gasteiger partial charge on any atom is -0.497 e. The molecule has 0 aliphatic carbocycles. The number of methoxy groups -OCH3 is 1. The number of sulfone groups is 1. The van der Waals surface area contributed by atoms with Crippen molar-refractivity contribution in [1.82, 2.24) is 9.88 Å². The largest absolute Gasteiger partial charge is 0.497 e. The highest BCUT2D eigenvalue weighted by atomic mass is 32.2. The fraction of sp³-hybridized carbons (Fsp3) is 0.368. The number of carbonyl (C=O) groups excluding carboxylic acids is 1. The van der Waals surface area contributed by atoms with E-state index in [9.17, 15) is 13.2 Å². The Bertz CT molecular complexity index is 913. The third kappa shape index (κ3) is 4.57. The SMILES string of the molecule is CCN(C(=O)c1ccnc(Nc2ccc(OC)cc2)c1)C1CCS(=O)(=O)C1. The van der Waals surface area contributed by atoms with Crippen molar-refractivity contribution in [1.29, 1.82) is 0 Å². The second-order valence-corrected chi connectivity index (χ2v) is 8.66. The first-order valence-corrected chi connectivity index (χ1v) is 10.6. The summed E-state index contributed by atoms with van der Waals surface area (Å²) in [6.07, 6.45) is 2.06. The first-order chi connectivity index (χ1) is 12.9. The molecule has 0 spiro atoms. The quantitative estimate of drug-likeness (QED) is 0.817. The smallest absolute Gasteiger partial charge is 0.254 e. The van der Waals surface area contributed by atoms with Gasteiger partial charge in [-0.15, -0.1) is 0 Å². The van der Waals surface area contributed by atoms with Crippen LogP contribution in [0.15, 0.2) is 42.6 Å². The Morgan fingerprint density at radius 2 is 2.04 bits per heavy atom. The van der Waals surface area contributed by atoms with Crippen LogP contribution in [-0.2, 0) is 9.84 Å². The first-order valence-electron chi connectivity index (χ1n) is 8.80. The third-order valence-electron chi connectivity index (χ3n) is 4.62. The molecule has 0 saturated carbocycles. The summed E-state index contributed by atoms with van der Waals surface area (Å²) in [4.78, 5) is 18.8. The zero-order valence-corrected chi connectivity index (χ0v) is 16.2. The molecule has 0 radical (unpaired) electrons. The second-order valence-electron chi connectivity index (χ2n) is 6.43. The van der Waals surface area contributed by atoms with Gasteiger partial charge in [-0.1, -0.05) is 0 Å². The van der Waals surface area contributed by atoms with Gasteiger partial charge in [-0.2, -0.15) is 0 Å². The van der Waals surface area contributed by atoms with Gasteiger partial charge in [0.05, 0.1) is 18.6 Å². The molecule has 1 aliphatic rings. The third-order valence-corrected chi connectivity index (χ3v) is 6.37. The molecular weight excluding hydrogens is 366 g/mol. The topological polar surface area (TPSA) is 88.6 Å². The molecule has 1 unspecified atom stereocenters. The molecule has 27 heavy (non-hydrogen) atoms. The summed E-state index contributed by atoms with van der Waals surface area (Å²) < 4.78 is 28.6. The molecule has 1 atom stereocenters. The summed E-state index contributed by atoms with van der Waals surface area (Å²) in [5.41, 5.74) is 1.30. The van der Waals surface area contributed by atoms with Crippen molar-refractivity contribution in [3.05, 3.63) is 48.2 Å². The second kappa shape index (κ2) is 7.96. The molecule has 0 bridgehead atoms. The number of amides is 1. The Hall–Kier alpha value is -2.61. The van der Waals surface area contributed by atoms with Crippen molar-refractivity contribution < 1.29 is 17.9 Å². The monoisotopic (exact) mass is 389 g/mol. The van der Waals surface area contributed by atoms with Crippen molar-refractivity contribution >= 4 is 27.2 Å². The maximum atomic E-state index is 12.9. The van der Waals surface area contributed by atoms with E-state index >= 15 is 0 Å². The Balaban J connectivity index is 1.76. The fourth-order valence-corrected chi connectivity index (χ4v) is 4.94. The number of rotatable bonds is 6. The number of pyridine rings is 1. The average Bonchev–Trinajstić information content (AvgIpc) is 3.02. The Kier molecular flexibility index (Phi) is 5.65. The number of ether oxygens (including phenoxy) is 1. The van der Waals surface area contributed by atoms with Crippen LogP contribution >= 0.6 is 0 Å². The van der Waals surface area contributed by atoms with Crippen LogP contribution in [0.4, 0.5) is 11.5 Å². The molecule has 1 saturated heterocycles. The van der Waals surface area contributed by atoms with Crippen LogP contribution < -0.4 is 10.1 Å². The summed E-state index contributed by atoms with van der Waals surface area (Å²) in [6.45, 7) is 2.32. The number of carbonyl (C=O) groups is 1. The van der Waals surface area contributed by atoms with Crippen LogP contribution in [0.1, 0.15) is 23.7 Å². The zero-order chi connectivity index (χ0) is 19.4. The van der Waals surface area contributed by atoms with Crippen molar-refractivity contribution in [2.75, 3.05) is 30.5 Å². The summed E-state index contributed by atoms with van der Waals surface area (Å²) in [7, 11) is -1.44. The molecule has 144 valence electrons. The molecule has 3 rings (SSSR count). The van der Waals surface area contributed by atoms with Crippen molar-refractivity contribution in [2.24, 2.45) is 0 Å². The van der Waals surface area contributed by atoms with Gasteiger partial charge in [0.1, 0.15) is 11.6 Å². The molecule has 1 fully saturated rings. The van der Waals surface area contributed by atoms with E-state index in [4.69, 9.17) is 4.74 Å².